The van der Waals surface area contributed by atoms with Crippen LogP contribution in [0.3, 0.4) is 0 Å². The van der Waals surface area contributed by atoms with Gasteiger partial charge in [0.15, 0.2) is 0 Å². The summed E-state index contributed by atoms with van der Waals surface area (Å²) in [7, 11) is 0. The summed E-state index contributed by atoms with van der Waals surface area (Å²) < 4.78 is 1.31. The summed E-state index contributed by atoms with van der Waals surface area (Å²) in [5.41, 5.74) is 3.08. The first-order valence-electron chi connectivity index (χ1n) is 10.8. The normalized spacial score (nSPS) is 21.9. The number of hydrogen-bond donors (Lipinski definition) is 3. The average Bonchev–Trinajstić information content (AvgIpc) is 2.71. The smallest absolute Gasteiger partial charge is 0.143 e. The molecular weight excluding hydrogens is 532 g/mol. The Kier molecular flexibility index (Phi) is 6.10. The molecule has 0 aromatic heterocycles. The topological polar surface area (TPSA) is 60.7 Å². The van der Waals surface area contributed by atoms with Gasteiger partial charge in [-0.15, -0.1) is 0 Å². The van der Waals surface area contributed by atoms with E-state index < -0.39 is 5.41 Å². The van der Waals surface area contributed by atoms with Crippen LogP contribution in [-0.4, -0.2) is 15.3 Å². The van der Waals surface area contributed by atoms with Gasteiger partial charge < -0.3 is 15.3 Å². The van der Waals surface area contributed by atoms with Crippen LogP contribution in [0.4, 0.5) is 0 Å². The van der Waals surface area contributed by atoms with Crippen molar-refractivity contribution >= 4 is 31.9 Å². The molecule has 3 N–H and O–H groups in total. The Morgan fingerprint density at radius 1 is 0.781 bits per heavy atom. The molecule has 3 nitrogen and oxygen atoms in total. The van der Waals surface area contributed by atoms with Crippen molar-refractivity contribution in [1.29, 1.82) is 0 Å². The van der Waals surface area contributed by atoms with Gasteiger partial charge in [-0.3, -0.25) is 0 Å². The van der Waals surface area contributed by atoms with Crippen LogP contribution in [-0.2, 0) is 5.41 Å². The lowest BCUT2D eigenvalue weighted by molar-refractivity contribution is 0.0988. The molecule has 168 valence electrons. The summed E-state index contributed by atoms with van der Waals surface area (Å²) in [5, 5.41) is 30.4. The monoisotopic (exact) mass is 558 g/mol. The molecular formula is C27H28Br2O3. The molecule has 1 aliphatic rings. The van der Waals surface area contributed by atoms with Crippen molar-refractivity contribution in [3.63, 3.8) is 0 Å². The lowest BCUT2D eigenvalue weighted by Crippen LogP contribution is -2.47. The van der Waals surface area contributed by atoms with Crippen LogP contribution >= 0.6 is 31.9 Å². The third kappa shape index (κ3) is 4.06. The molecule has 0 bridgehead atoms. The van der Waals surface area contributed by atoms with Crippen LogP contribution in [0.15, 0.2) is 69.6 Å². The number of hydrogen-bond acceptors (Lipinski definition) is 3. The molecule has 2 atom stereocenters. The van der Waals surface area contributed by atoms with Crippen LogP contribution in [0, 0.1) is 11.3 Å². The van der Waals surface area contributed by atoms with E-state index >= 15 is 0 Å². The number of rotatable bonds is 3. The lowest BCUT2D eigenvalue weighted by atomic mass is 9.49. The molecule has 3 aromatic rings. The van der Waals surface area contributed by atoms with Gasteiger partial charge in [-0.1, -0.05) is 45.0 Å². The highest BCUT2D eigenvalue weighted by Gasteiger charge is 2.52. The number of phenols is 3. The Labute approximate surface area is 206 Å². The van der Waals surface area contributed by atoms with Gasteiger partial charge in [-0.25, -0.2) is 0 Å². The minimum Gasteiger partial charge on any atom is -0.508 e. The Morgan fingerprint density at radius 2 is 1.22 bits per heavy atom. The minimum atomic E-state index is -0.390. The molecule has 4 rings (SSSR count). The second kappa shape index (κ2) is 8.42. The third-order valence-electron chi connectivity index (χ3n) is 6.90. The zero-order chi connectivity index (χ0) is 23.3. The van der Waals surface area contributed by atoms with Gasteiger partial charge in [0.1, 0.15) is 17.2 Å². The summed E-state index contributed by atoms with van der Waals surface area (Å²) in [6, 6.07) is 19.1. The van der Waals surface area contributed by atoms with Gasteiger partial charge in [0.05, 0.1) is 8.95 Å². The van der Waals surface area contributed by atoms with Crippen molar-refractivity contribution in [2.24, 2.45) is 11.3 Å². The predicted molar refractivity (Wildman–Crippen MR) is 135 cm³/mol. The van der Waals surface area contributed by atoms with Crippen molar-refractivity contribution < 1.29 is 15.3 Å². The van der Waals surface area contributed by atoms with Crippen molar-refractivity contribution in [3.05, 3.63) is 86.3 Å². The van der Waals surface area contributed by atoms with Crippen molar-refractivity contribution in [3.8, 4) is 17.2 Å². The molecule has 32 heavy (non-hydrogen) atoms. The predicted octanol–water partition coefficient (Wildman–Crippen LogP) is 7.85. The Bertz CT molecular complexity index is 1050. The van der Waals surface area contributed by atoms with Crippen LogP contribution in [0.5, 0.6) is 17.2 Å². The number of phenolic OH excluding ortho intramolecular Hbond substituents is 3. The average molecular weight is 560 g/mol. The van der Waals surface area contributed by atoms with E-state index in [1.165, 1.54) is 0 Å². The molecule has 1 saturated carbocycles. The first kappa shape index (κ1) is 23.2. The molecule has 0 amide bonds. The van der Waals surface area contributed by atoms with Gasteiger partial charge in [0.25, 0.3) is 0 Å². The van der Waals surface area contributed by atoms with Crippen molar-refractivity contribution in [1.82, 2.24) is 0 Å². The van der Waals surface area contributed by atoms with Gasteiger partial charge in [0, 0.05) is 11.3 Å². The minimum absolute atomic E-state index is 0.0804. The highest BCUT2D eigenvalue weighted by atomic mass is 79.9. The summed E-state index contributed by atoms with van der Waals surface area (Å²) in [5.74, 6) is 1.12. The fourth-order valence-corrected chi connectivity index (χ4v) is 7.26. The fraction of sp³-hybridized carbons (Fsp3) is 0.333. The van der Waals surface area contributed by atoms with Gasteiger partial charge >= 0.3 is 0 Å². The quantitative estimate of drug-likeness (QED) is 0.306. The van der Waals surface area contributed by atoms with E-state index in [1.54, 1.807) is 24.3 Å². The van der Waals surface area contributed by atoms with Crippen LogP contribution in [0.25, 0.3) is 0 Å². The summed E-state index contributed by atoms with van der Waals surface area (Å²) in [6.45, 7) is 6.94. The fourth-order valence-electron chi connectivity index (χ4n) is 6.04. The van der Waals surface area contributed by atoms with E-state index in [4.69, 9.17) is 0 Å². The highest BCUT2D eigenvalue weighted by Crippen LogP contribution is 2.61. The summed E-state index contributed by atoms with van der Waals surface area (Å²) in [6.07, 6.45) is 1.96. The largest absolute Gasteiger partial charge is 0.508 e. The maximum Gasteiger partial charge on any atom is 0.143 e. The van der Waals surface area contributed by atoms with Gasteiger partial charge in [0.2, 0.25) is 0 Å². The molecule has 1 aliphatic carbocycles. The summed E-state index contributed by atoms with van der Waals surface area (Å²) in [4.78, 5) is 0. The SMILES string of the molecule is CC1CC(C)(C)CC(c2ccc(O)cc2)(c2ccc(O)cc2)C1c1cc(Br)c(O)c(Br)c1. The molecule has 0 heterocycles. The highest BCUT2D eigenvalue weighted by molar-refractivity contribution is 9.11. The number of benzene rings is 3. The Hall–Kier alpha value is -1.98. The van der Waals surface area contributed by atoms with E-state index in [1.807, 2.05) is 36.4 Å². The molecule has 3 aromatic carbocycles. The Morgan fingerprint density at radius 3 is 1.66 bits per heavy atom. The summed E-state index contributed by atoms with van der Waals surface area (Å²) >= 11 is 7.06. The molecule has 0 saturated heterocycles. The van der Waals surface area contributed by atoms with Crippen molar-refractivity contribution in [2.45, 2.75) is 44.9 Å². The maximum absolute atomic E-state index is 10.4. The molecule has 0 radical (unpaired) electrons. The van der Waals surface area contributed by atoms with E-state index in [2.05, 4.69) is 52.6 Å². The van der Waals surface area contributed by atoms with E-state index in [9.17, 15) is 15.3 Å². The zero-order valence-corrected chi connectivity index (χ0v) is 21.6. The molecule has 2 unspecified atom stereocenters. The van der Waals surface area contributed by atoms with Crippen molar-refractivity contribution in [2.75, 3.05) is 0 Å². The van der Waals surface area contributed by atoms with Gasteiger partial charge in [-0.2, -0.15) is 0 Å². The van der Waals surface area contributed by atoms with Gasteiger partial charge in [-0.05, 0) is 109 Å². The molecule has 5 heteroatoms. The lowest BCUT2D eigenvalue weighted by Gasteiger charge is -2.54. The number of halogens is 2. The second-order valence-corrected chi connectivity index (χ2v) is 11.6. The Balaban J connectivity index is 2.06. The van der Waals surface area contributed by atoms with Crippen LogP contribution < -0.4 is 0 Å². The molecule has 1 fully saturated rings. The van der Waals surface area contributed by atoms with Crippen LogP contribution in [0.1, 0.15) is 56.2 Å². The van der Waals surface area contributed by atoms with E-state index in [-0.39, 0.29) is 28.6 Å². The van der Waals surface area contributed by atoms with Crippen LogP contribution in [0.2, 0.25) is 0 Å². The van der Waals surface area contributed by atoms with E-state index in [0.717, 1.165) is 29.5 Å². The third-order valence-corrected chi connectivity index (χ3v) is 8.10. The molecule has 0 aliphatic heterocycles. The molecule has 0 spiro atoms. The standard InChI is InChI=1S/C27H28Br2O3/c1-16-14-26(2,3)15-27(18-4-8-20(30)9-5-18,19-6-10-21(31)11-7-19)24(16)17-12-22(28)25(32)23(29)13-17/h4-13,16,24,30-32H,14-15H2,1-3H3. The van der Waals surface area contributed by atoms with E-state index in [0.29, 0.717) is 14.9 Å². The number of aromatic hydroxyl groups is 3. The second-order valence-electron chi connectivity index (χ2n) is 9.90. The first-order chi connectivity index (χ1) is 15.0. The first-order valence-corrected chi connectivity index (χ1v) is 12.4. The zero-order valence-electron chi connectivity index (χ0n) is 18.4. The maximum atomic E-state index is 10.4.